The van der Waals surface area contributed by atoms with Crippen molar-refractivity contribution in [2.45, 2.75) is 13.0 Å². The first-order valence-electron chi connectivity index (χ1n) is 8.51. The number of aliphatic hydroxyl groups is 1. The highest BCUT2D eigenvalue weighted by Crippen LogP contribution is 2.30. The maximum atomic E-state index is 12.0. The largest absolute Gasteiger partial charge is 0.493 e. The van der Waals surface area contributed by atoms with E-state index in [9.17, 15) is 24.8 Å². The number of carbonyl (C=O) groups is 2. The van der Waals surface area contributed by atoms with Crippen LogP contribution in [0, 0.1) is 17.0 Å². The van der Waals surface area contributed by atoms with Gasteiger partial charge in [0.2, 0.25) is 0 Å². The molecule has 1 atom stereocenters. The van der Waals surface area contributed by atoms with Gasteiger partial charge in [-0.3, -0.25) is 19.7 Å². The van der Waals surface area contributed by atoms with Crippen molar-refractivity contribution < 1.29 is 29.1 Å². The zero-order valence-electron chi connectivity index (χ0n) is 16.1. The normalized spacial score (nSPS) is 11.3. The van der Waals surface area contributed by atoms with Crippen LogP contribution in [0.2, 0.25) is 0 Å². The summed E-state index contributed by atoms with van der Waals surface area (Å²) in [7, 11) is 2.93. The molecule has 0 heterocycles. The molecule has 2 rings (SSSR count). The summed E-state index contributed by atoms with van der Waals surface area (Å²) in [6.07, 6.45) is -1.11. The molecule has 0 aliphatic heterocycles. The number of nitro groups is 1. The second-order valence-corrected chi connectivity index (χ2v) is 6.07. The number of anilines is 1. The van der Waals surface area contributed by atoms with E-state index in [0.29, 0.717) is 22.6 Å². The molecular formula is C19H21N3O7. The van der Waals surface area contributed by atoms with Crippen molar-refractivity contribution in [1.82, 2.24) is 5.32 Å². The smallest absolute Gasteiger partial charge is 0.313 e. The van der Waals surface area contributed by atoms with Gasteiger partial charge in [-0.2, -0.15) is 0 Å². The van der Waals surface area contributed by atoms with Crippen molar-refractivity contribution in [2.75, 3.05) is 26.1 Å². The third-order valence-electron chi connectivity index (χ3n) is 4.05. The van der Waals surface area contributed by atoms with Gasteiger partial charge in [0.15, 0.2) is 11.5 Å². The van der Waals surface area contributed by atoms with Crippen molar-refractivity contribution in [3.8, 4) is 11.5 Å². The minimum Gasteiger partial charge on any atom is -0.493 e. The van der Waals surface area contributed by atoms with Gasteiger partial charge in [-0.1, -0.05) is 12.1 Å². The molecule has 1 unspecified atom stereocenters. The van der Waals surface area contributed by atoms with Crippen molar-refractivity contribution in [1.29, 1.82) is 0 Å². The molecule has 154 valence electrons. The molecule has 0 spiro atoms. The summed E-state index contributed by atoms with van der Waals surface area (Å²) in [5, 5.41) is 25.8. The first-order chi connectivity index (χ1) is 13.8. The Morgan fingerprint density at radius 3 is 2.41 bits per heavy atom. The molecule has 0 saturated carbocycles. The van der Waals surface area contributed by atoms with Crippen LogP contribution in [0.5, 0.6) is 11.5 Å². The van der Waals surface area contributed by atoms with Gasteiger partial charge in [0, 0.05) is 12.6 Å². The van der Waals surface area contributed by atoms with E-state index in [1.54, 1.807) is 31.2 Å². The SMILES string of the molecule is COc1ccc(C(O)CNC(=O)C(=O)Nc2ccc(C)cc2[N+](=O)[O-])cc1OC. The fourth-order valence-corrected chi connectivity index (χ4v) is 2.53. The van der Waals surface area contributed by atoms with Gasteiger partial charge in [0.25, 0.3) is 5.69 Å². The number of nitro benzene ring substituents is 1. The highest BCUT2D eigenvalue weighted by Gasteiger charge is 2.21. The van der Waals surface area contributed by atoms with Crippen LogP contribution in [-0.2, 0) is 9.59 Å². The molecule has 0 saturated heterocycles. The van der Waals surface area contributed by atoms with E-state index in [4.69, 9.17) is 9.47 Å². The van der Waals surface area contributed by atoms with Crippen LogP contribution in [0.4, 0.5) is 11.4 Å². The number of aliphatic hydroxyl groups excluding tert-OH is 1. The van der Waals surface area contributed by atoms with Crippen LogP contribution in [0.25, 0.3) is 0 Å². The molecule has 0 aromatic heterocycles. The predicted octanol–water partition coefficient (Wildman–Crippen LogP) is 1.71. The quantitative estimate of drug-likeness (QED) is 0.363. The van der Waals surface area contributed by atoms with E-state index in [1.165, 1.54) is 26.4 Å². The van der Waals surface area contributed by atoms with Crippen molar-refractivity contribution in [2.24, 2.45) is 0 Å². The lowest BCUT2D eigenvalue weighted by Gasteiger charge is -2.15. The third-order valence-corrected chi connectivity index (χ3v) is 4.05. The summed E-state index contributed by atoms with van der Waals surface area (Å²) < 4.78 is 10.3. The van der Waals surface area contributed by atoms with E-state index in [2.05, 4.69) is 10.6 Å². The maximum absolute atomic E-state index is 12.0. The van der Waals surface area contributed by atoms with E-state index < -0.39 is 22.8 Å². The van der Waals surface area contributed by atoms with E-state index in [0.717, 1.165) is 0 Å². The van der Waals surface area contributed by atoms with Crippen molar-refractivity contribution in [3.63, 3.8) is 0 Å². The summed E-state index contributed by atoms with van der Waals surface area (Å²) in [6.45, 7) is 1.42. The summed E-state index contributed by atoms with van der Waals surface area (Å²) >= 11 is 0. The average molecular weight is 403 g/mol. The summed E-state index contributed by atoms with van der Waals surface area (Å²) in [6, 6.07) is 8.94. The van der Waals surface area contributed by atoms with Gasteiger partial charge in [-0.05, 0) is 36.2 Å². The zero-order chi connectivity index (χ0) is 21.6. The fraction of sp³-hybridized carbons (Fsp3) is 0.263. The Hall–Kier alpha value is -3.66. The summed E-state index contributed by atoms with van der Waals surface area (Å²) in [5.41, 5.74) is 0.660. The Bertz CT molecular complexity index is 930. The molecule has 0 fully saturated rings. The number of methoxy groups -OCH3 is 2. The van der Waals surface area contributed by atoms with Crippen LogP contribution >= 0.6 is 0 Å². The lowest BCUT2D eigenvalue weighted by atomic mass is 10.1. The Labute approximate surface area is 166 Å². The lowest BCUT2D eigenvalue weighted by molar-refractivity contribution is -0.384. The lowest BCUT2D eigenvalue weighted by Crippen LogP contribution is -2.37. The molecule has 2 aromatic carbocycles. The van der Waals surface area contributed by atoms with Crippen LogP contribution in [0.3, 0.4) is 0 Å². The monoisotopic (exact) mass is 403 g/mol. The Balaban J connectivity index is 2.00. The summed E-state index contributed by atoms with van der Waals surface area (Å²) in [4.78, 5) is 34.5. The van der Waals surface area contributed by atoms with Gasteiger partial charge >= 0.3 is 11.8 Å². The second kappa shape index (κ2) is 9.51. The molecule has 2 aromatic rings. The number of carbonyl (C=O) groups excluding carboxylic acids is 2. The van der Waals surface area contributed by atoms with Crippen LogP contribution in [0.1, 0.15) is 17.2 Å². The molecule has 10 nitrogen and oxygen atoms in total. The number of nitrogens with one attached hydrogen (secondary N) is 2. The minimum atomic E-state index is -1.11. The van der Waals surface area contributed by atoms with Crippen molar-refractivity contribution >= 4 is 23.2 Å². The number of nitrogens with zero attached hydrogens (tertiary/aromatic N) is 1. The first kappa shape index (κ1) is 21.6. The molecule has 10 heteroatoms. The predicted molar refractivity (Wildman–Crippen MR) is 104 cm³/mol. The van der Waals surface area contributed by atoms with E-state index >= 15 is 0 Å². The number of aryl methyl sites for hydroxylation is 1. The van der Waals surface area contributed by atoms with Crippen molar-refractivity contribution in [3.05, 3.63) is 57.6 Å². The van der Waals surface area contributed by atoms with Gasteiger partial charge in [-0.15, -0.1) is 0 Å². The molecule has 2 amide bonds. The molecule has 29 heavy (non-hydrogen) atoms. The fourth-order valence-electron chi connectivity index (χ4n) is 2.53. The van der Waals surface area contributed by atoms with Gasteiger partial charge < -0.3 is 25.2 Å². The van der Waals surface area contributed by atoms with E-state index in [-0.39, 0.29) is 17.9 Å². The van der Waals surface area contributed by atoms with Gasteiger partial charge in [0.05, 0.1) is 25.2 Å². The maximum Gasteiger partial charge on any atom is 0.313 e. The molecule has 0 radical (unpaired) electrons. The second-order valence-electron chi connectivity index (χ2n) is 6.07. The highest BCUT2D eigenvalue weighted by molar-refractivity contribution is 6.39. The Kier molecular flexibility index (Phi) is 7.10. The van der Waals surface area contributed by atoms with Crippen LogP contribution < -0.4 is 20.1 Å². The Morgan fingerprint density at radius 1 is 1.10 bits per heavy atom. The molecule has 3 N–H and O–H groups in total. The number of hydrogen-bond donors (Lipinski definition) is 3. The third kappa shape index (κ3) is 5.42. The molecular weight excluding hydrogens is 382 g/mol. The van der Waals surface area contributed by atoms with Gasteiger partial charge in [0.1, 0.15) is 5.69 Å². The summed E-state index contributed by atoms with van der Waals surface area (Å²) in [5.74, 6) is -1.25. The number of ether oxygens (including phenoxy) is 2. The topological polar surface area (TPSA) is 140 Å². The number of hydrogen-bond acceptors (Lipinski definition) is 7. The molecule has 0 aliphatic carbocycles. The zero-order valence-corrected chi connectivity index (χ0v) is 16.1. The first-order valence-corrected chi connectivity index (χ1v) is 8.51. The molecule has 0 bridgehead atoms. The number of benzene rings is 2. The van der Waals surface area contributed by atoms with Crippen LogP contribution in [0.15, 0.2) is 36.4 Å². The van der Waals surface area contributed by atoms with Gasteiger partial charge in [-0.25, -0.2) is 0 Å². The standard InChI is InChI=1S/C19H21N3O7/c1-11-4-6-13(14(8-11)22(26)27)21-19(25)18(24)20-10-15(23)12-5-7-16(28-2)17(9-12)29-3/h4-9,15,23H,10H2,1-3H3,(H,20,24)(H,21,25). The number of rotatable bonds is 7. The molecule has 0 aliphatic rings. The van der Waals surface area contributed by atoms with E-state index in [1.807, 2.05) is 0 Å². The average Bonchev–Trinajstić information content (AvgIpc) is 2.72. The number of amides is 2. The Morgan fingerprint density at radius 2 is 1.79 bits per heavy atom. The van der Waals surface area contributed by atoms with Crippen LogP contribution in [-0.4, -0.2) is 42.6 Å². The highest BCUT2D eigenvalue weighted by atomic mass is 16.6. The minimum absolute atomic E-state index is 0.0961.